The van der Waals surface area contributed by atoms with Crippen molar-refractivity contribution >= 4 is 14.1 Å². The van der Waals surface area contributed by atoms with Crippen LogP contribution in [0, 0.1) is 0 Å². The second kappa shape index (κ2) is 4.45. The van der Waals surface area contributed by atoms with E-state index in [9.17, 15) is 4.79 Å². The molecule has 0 aromatic carbocycles. The van der Waals surface area contributed by atoms with Gasteiger partial charge in [0.2, 0.25) is 0 Å². The third kappa shape index (κ3) is 3.05. The van der Waals surface area contributed by atoms with Gasteiger partial charge in [-0.05, 0) is 43.1 Å². The van der Waals surface area contributed by atoms with Gasteiger partial charge in [0, 0.05) is 6.42 Å². The Morgan fingerprint density at radius 2 is 1.88 bits per heavy atom. The van der Waals surface area contributed by atoms with Gasteiger partial charge in [-0.3, -0.25) is 4.79 Å². The summed E-state index contributed by atoms with van der Waals surface area (Å²) < 4.78 is 6.25. The van der Waals surface area contributed by atoms with Gasteiger partial charge in [-0.25, -0.2) is 0 Å². The van der Waals surface area contributed by atoms with E-state index in [4.69, 9.17) is 4.43 Å². The van der Waals surface area contributed by atoms with Crippen LogP contribution in [0.3, 0.4) is 0 Å². The monoisotopic (exact) mass is 240 g/mol. The summed E-state index contributed by atoms with van der Waals surface area (Å²) in [5, 5.41) is 0.227. The van der Waals surface area contributed by atoms with Gasteiger partial charge < -0.3 is 4.43 Å². The van der Waals surface area contributed by atoms with Gasteiger partial charge in [0.15, 0.2) is 14.1 Å². The highest BCUT2D eigenvalue weighted by Crippen LogP contribution is 2.38. The minimum atomic E-state index is -1.71. The van der Waals surface area contributed by atoms with Crippen molar-refractivity contribution in [2.24, 2.45) is 0 Å². The van der Waals surface area contributed by atoms with Gasteiger partial charge in [0.1, 0.15) is 0 Å². The maximum Gasteiger partial charge on any atom is 0.192 e. The number of rotatable bonds is 3. The zero-order chi connectivity index (χ0) is 12.6. The molecule has 0 aromatic rings. The Kier molecular flexibility index (Phi) is 3.80. The van der Waals surface area contributed by atoms with E-state index in [0.717, 1.165) is 6.42 Å². The molecule has 0 N–H and O–H groups in total. The van der Waals surface area contributed by atoms with Crippen molar-refractivity contribution in [3.8, 4) is 0 Å². The fourth-order valence-electron chi connectivity index (χ4n) is 1.63. The Labute approximate surface area is 100 Å². The third-order valence-electron chi connectivity index (χ3n) is 3.81. The molecule has 2 nitrogen and oxygen atoms in total. The number of allylic oxidation sites excluding steroid dienone is 1. The minimum Gasteiger partial charge on any atom is -0.411 e. The highest BCUT2D eigenvalue weighted by molar-refractivity contribution is 6.74. The topological polar surface area (TPSA) is 26.3 Å². The Morgan fingerprint density at radius 3 is 2.25 bits per heavy atom. The van der Waals surface area contributed by atoms with E-state index in [1.807, 2.05) is 0 Å². The highest BCUT2D eigenvalue weighted by Gasteiger charge is 2.39. The van der Waals surface area contributed by atoms with Crippen molar-refractivity contribution in [2.45, 2.75) is 64.8 Å². The van der Waals surface area contributed by atoms with Crippen LogP contribution >= 0.6 is 0 Å². The molecule has 1 rings (SSSR count). The zero-order valence-corrected chi connectivity index (χ0v) is 12.4. The molecule has 92 valence electrons. The molecule has 1 aliphatic carbocycles. The van der Waals surface area contributed by atoms with Gasteiger partial charge in [0.25, 0.3) is 0 Å². The molecular formula is C13H24O2Si. The summed E-state index contributed by atoms with van der Waals surface area (Å²) in [5.41, 5.74) is 1.18. The second-order valence-electron chi connectivity index (χ2n) is 6.21. The normalized spacial score (nSPS) is 19.9. The quantitative estimate of drug-likeness (QED) is 0.703. The van der Waals surface area contributed by atoms with Crippen LogP contribution in [-0.4, -0.2) is 20.2 Å². The van der Waals surface area contributed by atoms with Crippen molar-refractivity contribution in [1.29, 1.82) is 0 Å². The summed E-state index contributed by atoms with van der Waals surface area (Å²) in [5.74, 6) is 0.251. The Balaban J connectivity index is 2.68. The molecule has 3 heteroatoms. The maximum absolute atomic E-state index is 11.2. The van der Waals surface area contributed by atoms with E-state index in [2.05, 4.69) is 40.8 Å². The molecule has 0 heterocycles. The Hall–Kier alpha value is -0.413. The molecule has 1 aliphatic rings. The predicted molar refractivity (Wildman–Crippen MR) is 70.1 cm³/mol. The summed E-state index contributed by atoms with van der Waals surface area (Å²) in [6.45, 7) is 13.3. The first-order chi connectivity index (χ1) is 7.13. The lowest BCUT2D eigenvalue weighted by atomic mass is 10.1. The van der Waals surface area contributed by atoms with Crippen LogP contribution < -0.4 is 0 Å². The molecule has 0 spiro atoms. The molecule has 0 radical (unpaired) electrons. The number of carbonyl (C=O) groups is 1. The lowest BCUT2D eigenvalue weighted by molar-refractivity contribution is -0.114. The second-order valence-corrected chi connectivity index (χ2v) is 11.0. The summed E-state index contributed by atoms with van der Waals surface area (Å²) in [6, 6.07) is 0. The van der Waals surface area contributed by atoms with Crippen molar-refractivity contribution in [2.75, 3.05) is 0 Å². The first-order valence-corrected chi connectivity index (χ1v) is 8.95. The molecule has 0 saturated carbocycles. The van der Waals surface area contributed by atoms with Gasteiger partial charge in [0.05, 0.1) is 6.10 Å². The van der Waals surface area contributed by atoms with Crippen LogP contribution in [0.15, 0.2) is 11.6 Å². The van der Waals surface area contributed by atoms with Gasteiger partial charge in [-0.1, -0.05) is 20.8 Å². The third-order valence-corrected chi connectivity index (χ3v) is 8.36. The first-order valence-electron chi connectivity index (χ1n) is 6.04. The Bertz CT molecular complexity index is 310. The van der Waals surface area contributed by atoms with Gasteiger partial charge in [-0.15, -0.1) is 0 Å². The SMILES string of the molecule is C[C@@H](O[Si](C)(C)C(C)(C)C)C1=CC(=O)CC1. The van der Waals surface area contributed by atoms with Gasteiger partial charge >= 0.3 is 0 Å². The minimum absolute atomic E-state index is 0.104. The molecule has 1 atom stereocenters. The van der Waals surface area contributed by atoms with E-state index in [0.29, 0.717) is 6.42 Å². The molecule has 0 unspecified atom stereocenters. The molecule has 0 saturated heterocycles. The highest BCUT2D eigenvalue weighted by atomic mass is 28.4. The predicted octanol–water partition coefficient (Wildman–Crippen LogP) is 3.69. The molecule has 0 fully saturated rings. The standard InChI is InChI=1S/C13H24O2Si/c1-10(11-7-8-12(14)9-11)15-16(5,6)13(2,3)4/h9-10H,7-8H2,1-6H3/t10-/m1/s1. The lowest BCUT2D eigenvalue weighted by Gasteiger charge is -2.38. The summed E-state index contributed by atoms with van der Waals surface area (Å²) in [4.78, 5) is 11.2. The smallest absolute Gasteiger partial charge is 0.192 e. The van der Waals surface area contributed by atoms with Crippen LogP contribution in [-0.2, 0) is 9.22 Å². The van der Waals surface area contributed by atoms with Crippen LogP contribution in [0.5, 0.6) is 0 Å². The molecule has 0 aromatic heterocycles. The summed E-state index contributed by atoms with van der Waals surface area (Å²) >= 11 is 0. The van der Waals surface area contributed by atoms with Crippen molar-refractivity contribution in [3.05, 3.63) is 11.6 Å². The lowest BCUT2D eigenvalue weighted by Crippen LogP contribution is -2.43. The molecule has 16 heavy (non-hydrogen) atoms. The van der Waals surface area contributed by atoms with E-state index >= 15 is 0 Å². The number of carbonyl (C=O) groups excluding carboxylic acids is 1. The fraction of sp³-hybridized carbons (Fsp3) is 0.769. The average Bonchev–Trinajstić information content (AvgIpc) is 2.48. The van der Waals surface area contributed by atoms with Crippen molar-refractivity contribution in [3.63, 3.8) is 0 Å². The van der Waals surface area contributed by atoms with Crippen LogP contribution in [0.1, 0.15) is 40.5 Å². The molecule has 0 aliphatic heterocycles. The number of hydrogen-bond acceptors (Lipinski definition) is 2. The molecular weight excluding hydrogens is 216 g/mol. The fourth-order valence-corrected chi connectivity index (χ4v) is 3.02. The van der Waals surface area contributed by atoms with Crippen molar-refractivity contribution in [1.82, 2.24) is 0 Å². The number of hydrogen-bond donors (Lipinski definition) is 0. The van der Waals surface area contributed by atoms with Crippen LogP contribution in [0.4, 0.5) is 0 Å². The van der Waals surface area contributed by atoms with Gasteiger partial charge in [-0.2, -0.15) is 0 Å². The van der Waals surface area contributed by atoms with E-state index in [-0.39, 0.29) is 16.9 Å². The first kappa shape index (κ1) is 13.7. The summed E-state index contributed by atoms with van der Waals surface area (Å²) in [7, 11) is -1.71. The number of ketones is 1. The van der Waals surface area contributed by atoms with E-state index < -0.39 is 8.32 Å². The van der Waals surface area contributed by atoms with E-state index in [1.165, 1.54) is 5.57 Å². The van der Waals surface area contributed by atoms with Crippen LogP contribution in [0.25, 0.3) is 0 Å². The van der Waals surface area contributed by atoms with Crippen molar-refractivity contribution < 1.29 is 9.22 Å². The summed E-state index contributed by atoms with van der Waals surface area (Å²) in [6.07, 6.45) is 3.43. The largest absolute Gasteiger partial charge is 0.411 e. The zero-order valence-electron chi connectivity index (χ0n) is 11.4. The molecule has 0 amide bonds. The maximum atomic E-state index is 11.2. The Morgan fingerprint density at radius 1 is 1.31 bits per heavy atom. The van der Waals surface area contributed by atoms with E-state index in [1.54, 1.807) is 6.08 Å². The average molecular weight is 240 g/mol. The van der Waals surface area contributed by atoms with Crippen LogP contribution in [0.2, 0.25) is 18.1 Å². The molecule has 0 bridgehead atoms.